The molecule has 0 saturated heterocycles. The Kier molecular flexibility index (Phi) is 7.21. The molecule has 0 unspecified atom stereocenters. The van der Waals surface area contributed by atoms with Gasteiger partial charge in [-0.25, -0.2) is 4.79 Å². The van der Waals surface area contributed by atoms with Crippen LogP contribution in [0.25, 0.3) is 0 Å². The Bertz CT molecular complexity index is 243. The van der Waals surface area contributed by atoms with E-state index in [0.717, 1.165) is 6.42 Å². The minimum Gasteiger partial charge on any atom is -0.480 e. The molecule has 4 nitrogen and oxygen atoms in total. The number of nitrogens with one attached hydrogen (secondary N) is 1. The van der Waals surface area contributed by atoms with Crippen molar-refractivity contribution in [3.05, 3.63) is 0 Å². The summed E-state index contributed by atoms with van der Waals surface area (Å²) in [5, 5.41) is 11.9. The van der Waals surface area contributed by atoms with Gasteiger partial charge in [0.05, 0.1) is 5.75 Å². The van der Waals surface area contributed by atoms with E-state index in [0.29, 0.717) is 11.0 Å². The number of amides is 1. The van der Waals surface area contributed by atoms with E-state index < -0.39 is 12.0 Å². The minimum absolute atomic E-state index is 0.0505. The summed E-state index contributed by atoms with van der Waals surface area (Å²) in [5.41, 5.74) is 0. The van der Waals surface area contributed by atoms with Gasteiger partial charge < -0.3 is 10.4 Å². The van der Waals surface area contributed by atoms with Gasteiger partial charge in [0, 0.05) is 0 Å². The first kappa shape index (κ1) is 15.3. The van der Waals surface area contributed by atoms with Crippen LogP contribution in [-0.2, 0) is 9.59 Å². The van der Waals surface area contributed by atoms with Gasteiger partial charge in [0.25, 0.3) is 0 Å². The van der Waals surface area contributed by atoms with Crippen LogP contribution < -0.4 is 5.32 Å². The average Bonchev–Trinajstić information content (AvgIpc) is 2.21. The number of carboxylic acid groups (broad SMARTS) is 1. The monoisotopic (exact) mass is 247 g/mol. The van der Waals surface area contributed by atoms with Crippen molar-refractivity contribution in [1.29, 1.82) is 0 Å². The number of carbonyl (C=O) groups is 2. The highest BCUT2D eigenvalue weighted by atomic mass is 32.2. The summed E-state index contributed by atoms with van der Waals surface area (Å²) >= 11 is 1.51. The highest BCUT2D eigenvalue weighted by Crippen LogP contribution is 2.11. The molecule has 0 heterocycles. The van der Waals surface area contributed by atoms with Crippen LogP contribution in [0, 0.1) is 5.92 Å². The summed E-state index contributed by atoms with van der Waals surface area (Å²) in [6, 6.07) is -0.773. The maximum absolute atomic E-state index is 11.5. The molecule has 0 aliphatic rings. The number of carboxylic acids is 1. The van der Waals surface area contributed by atoms with Crippen LogP contribution in [0.1, 0.15) is 34.1 Å². The van der Waals surface area contributed by atoms with E-state index in [-0.39, 0.29) is 11.8 Å². The molecule has 1 amide bonds. The zero-order valence-electron chi connectivity index (χ0n) is 10.3. The fourth-order valence-electron chi connectivity index (χ4n) is 1.14. The van der Waals surface area contributed by atoms with E-state index in [4.69, 9.17) is 5.11 Å². The van der Waals surface area contributed by atoms with E-state index in [1.807, 2.05) is 27.7 Å². The quantitative estimate of drug-likeness (QED) is 0.719. The Labute approximate surface area is 101 Å². The molecule has 0 fully saturated rings. The van der Waals surface area contributed by atoms with Crippen molar-refractivity contribution in [2.45, 2.75) is 45.4 Å². The second-order valence-corrected chi connectivity index (χ2v) is 5.69. The highest BCUT2D eigenvalue weighted by Gasteiger charge is 2.25. The van der Waals surface area contributed by atoms with Crippen LogP contribution in [0.2, 0.25) is 0 Å². The number of carbonyl (C=O) groups excluding carboxylic acids is 1. The predicted molar refractivity (Wildman–Crippen MR) is 66.6 cm³/mol. The SMILES string of the molecule is CC[C@H](C)[C@H](NC(=O)CSC(C)C)C(=O)O. The lowest BCUT2D eigenvalue weighted by atomic mass is 9.99. The lowest BCUT2D eigenvalue weighted by Crippen LogP contribution is -2.45. The second kappa shape index (κ2) is 7.54. The Balaban J connectivity index is 4.19. The molecule has 0 aromatic rings. The summed E-state index contributed by atoms with van der Waals surface area (Å²) in [6.45, 7) is 7.74. The number of thioether (sulfide) groups is 1. The number of aliphatic carboxylic acids is 1. The van der Waals surface area contributed by atoms with Crippen LogP contribution in [0.5, 0.6) is 0 Å². The van der Waals surface area contributed by atoms with Gasteiger partial charge in [-0.2, -0.15) is 0 Å². The van der Waals surface area contributed by atoms with Crippen molar-refractivity contribution >= 4 is 23.6 Å². The number of rotatable bonds is 7. The second-order valence-electron chi connectivity index (χ2n) is 4.13. The van der Waals surface area contributed by atoms with Crippen LogP contribution in [0.15, 0.2) is 0 Å². The molecule has 0 aromatic carbocycles. The van der Waals surface area contributed by atoms with E-state index >= 15 is 0 Å². The normalized spacial score (nSPS) is 14.6. The van der Waals surface area contributed by atoms with Crippen LogP contribution >= 0.6 is 11.8 Å². The summed E-state index contributed by atoms with van der Waals surface area (Å²) in [7, 11) is 0. The molecule has 0 aliphatic carbocycles. The van der Waals surface area contributed by atoms with Gasteiger partial charge in [-0.15, -0.1) is 11.8 Å². The third kappa shape index (κ3) is 6.00. The Hall–Kier alpha value is -0.710. The largest absolute Gasteiger partial charge is 0.480 e. The topological polar surface area (TPSA) is 66.4 Å². The van der Waals surface area contributed by atoms with Crippen molar-refractivity contribution in [2.75, 3.05) is 5.75 Å². The molecular formula is C11H21NO3S. The van der Waals surface area contributed by atoms with Crippen LogP contribution in [-0.4, -0.2) is 34.0 Å². The summed E-state index contributed by atoms with van der Waals surface area (Å²) in [4.78, 5) is 22.4. The number of hydrogen-bond acceptors (Lipinski definition) is 3. The van der Waals surface area contributed by atoms with Gasteiger partial charge >= 0.3 is 5.97 Å². The maximum Gasteiger partial charge on any atom is 0.326 e. The zero-order valence-corrected chi connectivity index (χ0v) is 11.1. The van der Waals surface area contributed by atoms with Crippen LogP contribution in [0.4, 0.5) is 0 Å². The van der Waals surface area contributed by atoms with Gasteiger partial charge in [-0.1, -0.05) is 34.1 Å². The Morgan fingerprint density at radius 3 is 2.25 bits per heavy atom. The lowest BCUT2D eigenvalue weighted by molar-refractivity contribution is -0.143. The maximum atomic E-state index is 11.5. The predicted octanol–water partition coefficient (Wildman–Crippen LogP) is 1.74. The van der Waals surface area contributed by atoms with Gasteiger partial charge in [-0.05, 0) is 11.2 Å². The molecule has 2 atom stereocenters. The lowest BCUT2D eigenvalue weighted by Gasteiger charge is -2.20. The van der Waals surface area contributed by atoms with E-state index in [1.54, 1.807) is 0 Å². The molecule has 0 spiro atoms. The molecule has 16 heavy (non-hydrogen) atoms. The number of hydrogen-bond donors (Lipinski definition) is 2. The molecule has 0 rings (SSSR count). The molecular weight excluding hydrogens is 226 g/mol. The van der Waals surface area contributed by atoms with E-state index in [2.05, 4.69) is 5.32 Å². The third-order valence-electron chi connectivity index (χ3n) is 2.34. The molecule has 2 N–H and O–H groups in total. The minimum atomic E-state index is -0.961. The average molecular weight is 247 g/mol. The smallest absolute Gasteiger partial charge is 0.326 e. The van der Waals surface area contributed by atoms with E-state index in [9.17, 15) is 9.59 Å². The first-order chi connectivity index (χ1) is 7.38. The molecule has 0 saturated carbocycles. The highest BCUT2D eigenvalue weighted by molar-refractivity contribution is 8.00. The third-order valence-corrected chi connectivity index (χ3v) is 3.44. The summed E-state index contributed by atoms with van der Waals surface area (Å²) in [5.74, 6) is -0.896. The van der Waals surface area contributed by atoms with Crippen molar-refractivity contribution in [1.82, 2.24) is 5.32 Å². The van der Waals surface area contributed by atoms with Gasteiger partial charge in [0.1, 0.15) is 6.04 Å². The Morgan fingerprint density at radius 2 is 1.88 bits per heavy atom. The molecule has 94 valence electrons. The standard InChI is InChI=1S/C11H21NO3S/c1-5-8(4)10(11(14)15)12-9(13)6-16-7(2)3/h7-8,10H,5-6H2,1-4H3,(H,12,13)(H,14,15)/t8-,10-/m0/s1. The van der Waals surface area contributed by atoms with Crippen molar-refractivity contribution in [2.24, 2.45) is 5.92 Å². The van der Waals surface area contributed by atoms with Crippen molar-refractivity contribution < 1.29 is 14.7 Å². The Morgan fingerprint density at radius 1 is 1.31 bits per heavy atom. The molecule has 0 aromatic heterocycles. The fraction of sp³-hybridized carbons (Fsp3) is 0.818. The first-order valence-corrected chi connectivity index (χ1v) is 6.57. The van der Waals surface area contributed by atoms with Gasteiger partial charge in [0.15, 0.2) is 0 Å². The molecule has 0 aliphatic heterocycles. The van der Waals surface area contributed by atoms with Crippen molar-refractivity contribution in [3.8, 4) is 0 Å². The molecule has 5 heteroatoms. The molecule has 0 bridgehead atoms. The fourth-order valence-corrected chi connectivity index (χ4v) is 1.71. The zero-order chi connectivity index (χ0) is 12.7. The van der Waals surface area contributed by atoms with Gasteiger partial charge in [-0.3, -0.25) is 4.79 Å². The van der Waals surface area contributed by atoms with E-state index in [1.165, 1.54) is 11.8 Å². The van der Waals surface area contributed by atoms with Gasteiger partial charge in [0.2, 0.25) is 5.91 Å². The molecule has 0 radical (unpaired) electrons. The first-order valence-electron chi connectivity index (χ1n) is 5.52. The van der Waals surface area contributed by atoms with Crippen LogP contribution in [0.3, 0.4) is 0 Å². The summed E-state index contributed by atoms with van der Waals surface area (Å²) in [6.07, 6.45) is 0.731. The van der Waals surface area contributed by atoms with Crippen molar-refractivity contribution in [3.63, 3.8) is 0 Å². The summed E-state index contributed by atoms with van der Waals surface area (Å²) < 4.78 is 0.